The van der Waals surface area contributed by atoms with Gasteiger partial charge in [0.15, 0.2) is 0 Å². The summed E-state index contributed by atoms with van der Waals surface area (Å²) in [5.41, 5.74) is 6.73. The van der Waals surface area contributed by atoms with Gasteiger partial charge in [0.05, 0.1) is 0 Å². The van der Waals surface area contributed by atoms with Gasteiger partial charge in [-0.1, -0.05) is 43.7 Å². The van der Waals surface area contributed by atoms with Crippen molar-refractivity contribution in [2.24, 2.45) is 5.73 Å². The fourth-order valence-electron chi connectivity index (χ4n) is 1.24. The maximum absolute atomic E-state index is 11.0. The monoisotopic (exact) mass is 189 g/mol. The lowest BCUT2D eigenvalue weighted by Crippen LogP contribution is -2.12. The van der Waals surface area contributed by atoms with Crippen LogP contribution in [0.2, 0.25) is 0 Å². The molecule has 0 aliphatic heterocycles. The van der Waals surface area contributed by atoms with Gasteiger partial charge in [0.25, 0.3) is 0 Å². The molecule has 1 rings (SSSR count). The molecule has 0 heterocycles. The van der Waals surface area contributed by atoms with E-state index in [0.29, 0.717) is 5.56 Å². The number of rotatable bonds is 4. The van der Waals surface area contributed by atoms with E-state index in [-0.39, 0.29) is 5.91 Å². The minimum Gasteiger partial charge on any atom is -0.366 e. The number of carbonyl (C=O) groups is 1. The second-order valence-electron chi connectivity index (χ2n) is 3.14. The largest absolute Gasteiger partial charge is 0.366 e. The maximum Gasteiger partial charge on any atom is 0.249 e. The van der Waals surface area contributed by atoms with E-state index in [1.165, 1.54) is 0 Å². The summed E-state index contributed by atoms with van der Waals surface area (Å²) in [6, 6.07) is 7.36. The third-order valence-electron chi connectivity index (χ3n) is 1.98. The lowest BCUT2D eigenvalue weighted by Gasteiger charge is -2.00. The van der Waals surface area contributed by atoms with Crippen LogP contribution in [0.5, 0.6) is 0 Å². The first-order valence-corrected chi connectivity index (χ1v) is 4.81. The number of amides is 1. The van der Waals surface area contributed by atoms with Crippen LogP contribution in [0, 0.1) is 0 Å². The van der Waals surface area contributed by atoms with Gasteiger partial charge in [-0.3, -0.25) is 4.79 Å². The van der Waals surface area contributed by atoms with E-state index in [4.69, 9.17) is 5.73 Å². The normalized spacial score (nSPS) is 10.6. The molecule has 0 aromatic heterocycles. The van der Waals surface area contributed by atoms with Crippen molar-refractivity contribution in [3.05, 3.63) is 41.5 Å². The molecule has 0 aliphatic carbocycles. The topological polar surface area (TPSA) is 43.1 Å². The minimum absolute atomic E-state index is 0.373. The first kappa shape index (κ1) is 10.5. The van der Waals surface area contributed by atoms with E-state index in [1.807, 2.05) is 24.3 Å². The highest BCUT2D eigenvalue weighted by atomic mass is 16.1. The molecule has 0 saturated heterocycles. The average Bonchev–Trinajstić information content (AvgIpc) is 2.19. The van der Waals surface area contributed by atoms with Gasteiger partial charge < -0.3 is 5.73 Å². The number of carbonyl (C=O) groups excluding carboxylic acids is 1. The van der Waals surface area contributed by atoms with E-state index < -0.39 is 0 Å². The minimum atomic E-state index is -0.373. The molecule has 0 saturated carbocycles. The number of hydrogen-bond donors (Lipinski definition) is 1. The SMILES string of the molecule is CCCC=Cc1ccccc1C(N)=O. The highest BCUT2D eigenvalue weighted by molar-refractivity contribution is 5.96. The van der Waals surface area contributed by atoms with Crippen LogP contribution in [0.4, 0.5) is 0 Å². The zero-order chi connectivity index (χ0) is 10.4. The van der Waals surface area contributed by atoms with Crippen LogP contribution >= 0.6 is 0 Å². The summed E-state index contributed by atoms with van der Waals surface area (Å²) in [5.74, 6) is -0.373. The third kappa shape index (κ3) is 2.73. The van der Waals surface area contributed by atoms with Crippen LogP contribution < -0.4 is 5.73 Å². The molecular formula is C12H15NO. The Morgan fingerprint density at radius 2 is 2.14 bits per heavy atom. The van der Waals surface area contributed by atoms with Crippen LogP contribution in [0.25, 0.3) is 6.08 Å². The van der Waals surface area contributed by atoms with Crippen molar-refractivity contribution >= 4 is 12.0 Å². The molecule has 0 spiro atoms. The van der Waals surface area contributed by atoms with Crippen LogP contribution in [0.3, 0.4) is 0 Å². The molecule has 2 nitrogen and oxygen atoms in total. The van der Waals surface area contributed by atoms with Gasteiger partial charge in [-0.25, -0.2) is 0 Å². The van der Waals surface area contributed by atoms with E-state index in [1.54, 1.807) is 6.07 Å². The van der Waals surface area contributed by atoms with E-state index in [9.17, 15) is 4.79 Å². The number of primary amides is 1. The van der Waals surface area contributed by atoms with E-state index in [2.05, 4.69) is 13.0 Å². The van der Waals surface area contributed by atoms with Gasteiger partial charge in [0.2, 0.25) is 5.91 Å². The standard InChI is InChI=1S/C12H15NO/c1-2-3-4-7-10-8-5-6-9-11(10)12(13)14/h4-9H,2-3H2,1H3,(H2,13,14). The van der Waals surface area contributed by atoms with Gasteiger partial charge in [-0.2, -0.15) is 0 Å². The van der Waals surface area contributed by atoms with Crippen LogP contribution in [-0.4, -0.2) is 5.91 Å². The van der Waals surface area contributed by atoms with Crippen molar-refractivity contribution in [2.75, 3.05) is 0 Å². The van der Waals surface area contributed by atoms with Crippen LogP contribution in [0.15, 0.2) is 30.3 Å². The molecule has 0 radical (unpaired) electrons. The third-order valence-corrected chi connectivity index (χ3v) is 1.98. The Hall–Kier alpha value is -1.57. The molecule has 14 heavy (non-hydrogen) atoms. The predicted molar refractivity (Wildman–Crippen MR) is 58.9 cm³/mol. The van der Waals surface area contributed by atoms with Crippen molar-refractivity contribution in [1.29, 1.82) is 0 Å². The summed E-state index contributed by atoms with van der Waals surface area (Å²) in [6.45, 7) is 2.12. The Labute approximate surface area is 84.4 Å². The molecule has 74 valence electrons. The van der Waals surface area contributed by atoms with Gasteiger partial charge >= 0.3 is 0 Å². The fourth-order valence-corrected chi connectivity index (χ4v) is 1.24. The number of benzene rings is 1. The lowest BCUT2D eigenvalue weighted by atomic mass is 10.1. The molecule has 0 aliphatic rings. The van der Waals surface area contributed by atoms with Gasteiger partial charge in [0.1, 0.15) is 0 Å². The highest BCUT2D eigenvalue weighted by Crippen LogP contribution is 2.10. The summed E-state index contributed by atoms with van der Waals surface area (Å²) in [5, 5.41) is 0. The summed E-state index contributed by atoms with van der Waals surface area (Å²) >= 11 is 0. The zero-order valence-electron chi connectivity index (χ0n) is 8.36. The molecule has 0 unspecified atom stereocenters. The Bertz CT molecular complexity index is 342. The highest BCUT2D eigenvalue weighted by Gasteiger charge is 2.02. The first-order chi connectivity index (χ1) is 6.75. The second-order valence-corrected chi connectivity index (χ2v) is 3.14. The number of allylic oxidation sites excluding steroid dienone is 1. The predicted octanol–water partition coefficient (Wildman–Crippen LogP) is 2.60. The Morgan fingerprint density at radius 3 is 2.79 bits per heavy atom. The molecular weight excluding hydrogens is 174 g/mol. The van der Waals surface area contributed by atoms with Gasteiger partial charge in [-0.15, -0.1) is 0 Å². The second kappa shape index (κ2) is 5.22. The van der Waals surface area contributed by atoms with Crippen LogP contribution in [-0.2, 0) is 0 Å². The molecule has 1 aromatic carbocycles. The quantitative estimate of drug-likeness (QED) is 0.777. The number of nitrogens with two attached hydrogens (primary N) is 1. The van der Waals surface area contributed by atoms with Crippen molar-refractivity contribution in [2.45, 2.75) is 19.8 Å². The number of unbranched alkanes of at least 4 members (excludes halogenated alkanes) is 1. The summed E-state index contributed by atoms with van der Waals surface area (Å²) in [4.78, 5) is 11.0. The molecule has 2 N–H and O–H groups in total. The molecule has 0 atom stereocenters. The summed E-state index contributed by atoms with van der Waals surface area (Å²) < 4.78 is 0. The summed E-state index contributed by atoms with van der Waals surface area (Å²) in [7, 11) is 0. The van der Waals surface area contributed by atoms with Crippen molar-refractivity contribution < 1.29 is 4.79 Å². The smallest absolute Gasteiger partial charge is 0.249 e. The maximum atomic E-state index is 11.0. The molecule has 1 aromatic rings. The van der Waals surface area contributed by atoms with Crippen molar-refractivity contribution in [3.8, 4) is 0 Å². The molecule has 0 bridgehead atoms. The first-order valence-electron chi connectivity index (χ1n) is 4.81. The van der Waals surface area contributed by atoms with Crippen molar-refractivity contribution in [1.82, 2.24) is 0 Å². The molecule has 0 fully saturated rings. The van der Waals surface area contributed by atoms with Gasteiger partial charge in [-0.05, 0) is 18.1 Å². The zero-order valence-corrected chi connectivity index (χ0v) is 8.36. The Kier molecular flexibility index (Phi) is 3.92. The Balaban J connectivity index is 2.90. The summed E-state index contributed by atoms with van der Waals surface area (Å²) in [6.07, 6.45) is 6.13. The van der Waals surface area contributed by atoms with Gasteiger partial charge in [0, 0.05) is 5.56 Å². The molecule has 1 amide bonds. The van der Waals surface area contributed by atoms with E-state index in [0.717, 1.165) is 18.4 Å². The lowest BCUT2D eigenvalue weighted by molar-refractivity contribution is 0.1000. The Morgan fingerprint density at radius 1 is 1.43 bits per heavy atom. The average molecular weight is 189 g/mol. The number of hydrogen-bond acceptors (Lipinski definition) is 1. The molecule has 2 heteroatoms. The van der Waals surface area contributed by atoms with Crippen molar-refractivity contribution in [3.63, 3.8) is 0 Å². The van der Waals surface area contributed by atoms with Crippen LogP contribution in [0.1, 0.15) is 35.7 Å². The fraction of sp³-hybridized carbons (Fsp3) is 0.250. The van der Waals surface area contributed by atoms with E-state index >= 15 is 0 Å².